The standard InChI is InChI=1S/C15H20N4O2/c1-18(9-12-5-8-21-11-12)15-16-6-4-14(17-15)19-7-2-3-13(20)10-19/h4-6,8,11,13,20H,2-3,7,9-10H2,1H3. The predicted octanol–water partition coefficient (Wildman–Crippen LogP) is 1.67. The summed E-state index contributed by atoms with van der Waals surface area (Å²) in [5, 5.41) is 9.78. The van der Waals surface area contributed by atoms with Gasteiger partial charge in [0.25, 0.3) is 0 Å². The number of β-amino-alcohol motifs (C(OH)–C–C–N with tert-alkyl or cyclic N) is 1. The number of hydrogen-bond acceptors (Lipinski definition) is 6. The van der Waals surface area contributed by atoms with Gasteiger partial charge in [-0.1, -0.05) is 0 Å². The number of piperidine rings is 1. The SMILES string of the molecule is CN(Cc1ccoc1)c1nccc(N2CCCC(O)C2)n1. The van der Waals surface area contributed by atoms with E-state index in [1.807, 2.05) is 24.1 Å². The molecule has 2 aromatic rings. The van der Waals surface area contributed by atoms with E-state index in [1.54, 1.807) is 18.7 Å². The average Bonchev–Trinajstić information content (AvgIpc) is 3.00. The lowest BCUT2D eigenvalue weighted by molar-refractivity contribution is 0.154. The Hall–Kier alpha value is -2.08. The van der Waals surface area contributed by atoms with Gasteiger partial charge in [0.05, 0.1) is 18.6 Å². The first-order chi connectivity index (χ1) is 10.2. The van der Waals surface area contributed by atoms with Gasteiger partial charge < -0.3 is 19.3 Å². The first kappa shape index (κ1) is 13.9. The first-order valence-corrected chi connectivity index (χ1v) is 7.20. The van der Waals surface area contributed by atoms with Gasteiger partial charge in [-0.2, -0.15) is 4.98 Å². The Kier molecular flexibility index (Phi) is 4.06. The van der Waals surface area contributed by atoms with Crippen LogP contribution < -0.4 is 9.80 Å². The maximum atomic E-state index is 9.78. The minimum Gasteiger partial charge on any atom is -0.472 e. The molecule has 1 atom stereocenters. The summed E-state index contributed by atoms with van der Waals surface area (Å²) >= 11 is 0. The fourth-order valence-corrected chi connectivity index (χ4v) is 2.59. The van der Waals surface area contributed by atoms with E-state index in [0.29, 0.717) is 19.0 Å². The Balaban J connectivity index is 1.73. The van der Waals surface area contributed by atoms with Gasteiger partial charge in [-0.05, 0) is 25.0 Å². The second-order valence-corrected chi connectivity index (χ2v) is 5.44. The van der Waals surface area contributed by atoms with Gasteiger partial charge in [-0.25, -0.2) is 4.98 Å². The van der Waals surface area contributed by atoms with Crippen molar-refractivity contribution < 1.29 is 9.52 Å². The molecule has 0 saturated carbocycles. The molecular weight excluding hydrogens is 268 g/mol. The van der Waals surface area contributed by atoms with E-state index in [4.69, 9.17) is 4.42 Å². The zero-order valence-corrected chi connectivity index (χ0v) is 12.1. The smallest absolute Gasteiger partial charge is 0.227 e. The highest BCUT2D eigenvalue weighted by Gasteiger charge is 2.19. The molecule has 112 valence electrons. The molecule has 6 heteroatoms. The molecule has 0 radical (unpaired) electrons. The number of rotatable bonds is 4. The summed E-state index contributed by atoms with van der Waals surface area (Å²) in [7, 11) is 1.96. The molecule has 21 heavy (non-hydrogen) atoms. The van der Waals surface area contributed by atoms with Gasteiger partial charge in [0.1, 0.15) is 5.82 Å². The third-order valence-electron chi connectivity index (χ3n) is 3.69. The van der Waals surface area contributed by atoms with Gasteiger partial charge in [0.15, 0.2) is 0 Å². The number of anilines is 2. The molecule has 1 N–H and O–H groups in total. The Labute approximate surface area is 124 Å². The van der Waals surface area contributed by atoms with Crippen molar-refractivity contribution in [1.29, 1.82) is 0 Å². The highest BCUT2D eigenvalue weighted by atomic mass is 16.3. The monoisotopic (exact) mass is 288 g/mol. The molecule has 2 aromatic heterocycles. The third kappa shape index (κ3) is 3.33. The van der Waals surface area contributed by atoms with E-state index in [9.17, 15) is 5.11 Å². The fourth-order valence-electron chi connectivity index (χ4n) is 2.59. The van der Waals surface area contributed by atoms with Crippen molar-refractivity contribution in [2.75, 3.05) is 29.9 Å². The van der Waals surface area contributed by atoms with Crippen LogP contribution in [0.25, 0.3) is 0 Å². The molecule has 0 aliphatic carbocycles. The Morgan fingerprint density at radius 2 is 2.38 bits per heavy atom. The molecule has 1 saturated heterocycles. The number of hydrogen-bond donors (Lipinski definition) is 1. The summed E-state index contributed by atoms with van der Waals surface area (Å²) in [6.07, 6.45) is 6.75. The van der Waals surface area contributed by atoms with Crippen LogP contribution in [0.2, 0.25) is 0 Å². The zero-order chi connectivity index (χ0) is 14.7. The van der Waals surface area contributed by atoms with Gasteiger partial charge in [0, 0.05) is 38.4 Å². The number of nitrogens with zero attached hydrogens (tertiary/aromatic N) is 4. The van der Waals surface area contributed by atoms with Crippen molar-refractivity contribution >= 4 is 11.8 Å². The highest BCUT2D eigenvalue weighted by Crippen LogP contribution is 2.20. The Morgan fingerprint density at radius 3 is 3.14 bits per heavy atom. The number of aliphatic hydroxyl groups excluding tert-OH is 1. The molecular formula is C15H20N4O2. The second kappa shape index (κ2) is 6.13. The molecule has 0 bridgehead atoms. The van der Waals surface area contributed by atoms with E-state index in [0.717, 1.165) is 30.8 Å². The summed E-state index contributed by atoms with van der Waals surface area (Å²) in [6, 6.07) is 3.83. The molecule has 0 aromatic carbocycles. The lowest BCUT2D eigenvalue weighted by atomic mass is 10.1. The topological polar surface area (TPSA) is 65.6 Å². The summed E-state index contributed by atoms with van der Waals surface area (Å²) in [4.78, 5) is 13.0. The van der Waals surface area contributed by atoms with Gasteiger partial charge >= 0.3 is 0 Å². The minimum atomic E-state index is -0.263. The summed E-state index contributed by atoms with van der Waals surface area (Å²) in [5.41, 5.74) is 1.08. The molecule has 1 unspecified atom stereocenters. The molecule has 1 aliphatic heterocycles. The van der Waals surface area contributed by atoms with Crippen molar-refractivity contribution in [1.82, 2.24) is 9.97 Å². The third-order valence-corrected chi connectivity index (χ3v) is 3.69. The van der Waals surface area contributed by atoms with Gasteiger partial charge in [-0.15, -0.1) is 0 Å². The van der Waals surface area contributed by atoms with Crippen molar-refractivity contribution in [3.05, 3.63) is 36.4 Å². The number of aromatic nitrogens is 2. The number of furan rings is 1. The molecule has 0 spiro atoms. The molecule has 1 aliphatic rings. The summed E-state index contributed by atoms with van der Waals surface area (Å²) in [5.74, 6) is 1.55. The van der Waals surface area contributed by atoms with Crippen LogP contribution in [0.3, 0.4) is 0 Å². The van der Waals surface area contributed by atoms with Crippen LogP contribution in [0.1, 0.15) is 18.4 Å². The van der Waals surface area contributed by atoms with Crippen molar-refractivity contribution in [3.63, 3.8) is 0 Å². The van der Waals surface area contributed by atoms with Crippen LogP contribution in [0, 0.1) is 0 Å². The number of aliphatic hydroxyl groups is 1. The summed E-state index contributed by atoms with van der Waals surface area (Å²) in [6.45, 7) is 2.27. The van der Waals surface area contributed by atoms with Gasteiger partial charge in [-0.3, -0.25) is 0 Å². The highest BCUT2D eigenvalue weighted by molar-refractivity contribution is 5.44. The Morgan fingerprint density at radius 1 is 1.48 bits per heavy atom. The fraction of sp³-hybridized carbons (Fsp3) is 0.467. The first-order valence-electron chi connectivity index (χ1n) is 7.20. The summed E-state index contributed by atoms with van der Waals surface area (Å²) < 4.78 is 5.08. The van der Waals surface area contributed by atoms with Crippen molar-refractivity contribution in [2.45, 2.75) is 25.5 Å². The van der Waals surface area contributed by atoms with Crippen LogP contribution >= 0.6 is 0 Å². The normalized spacial score (nSPS) is 18.8. The molecule has 0 amide bonds. The van der Waals surface area contributed by atoms with E-state index >= 15 is 0 Å². The van der Waals surface area contributed by atoms with Crippen LogP contribution in [0.15, 0.2) is 35.3 Å². The quantitative estimate of drug-likeness (QED) is 0.923. The lowest BCUT2D eigenvalue weighted by Gasteiger charge is -2.31. The largest absolute Gasteiger partial charge is 0.472 e. The van der Waals surface area contributed by atoms with Crippen LogP contribution in [-0.2, 0) is 6.54 Å². The minimum absolute atomic E-state index is 0.263. The maximum Gasteiger partial charge on any atom is 0.227 e. The molecule has 3 heterocycles. The van der Waals surface area contributed by atoms with Crippen LogP contribution in [0.5, 0.6) is 0 Å². The Bertz CT molecular complexity index is 573. The average molecular weight is 288 g/mol. The van der Waals surface area contributed by atoms with Gasteiger partial charge in [0.2, 0.25) is 5.95 Å². The molecule has 1 fully saturated rings. The zero-order valence-electron chi connectivity index (χ0n) is 12.1. The van der Waals surface area contributed by atoms with E-state index < -0.39 is 0 Å². The predicted molar refractivity (Wildman–Crippen MR) is 80.3 cm³/mol. The molecule has 3 rings (SSSR count). The second-order valence-electron chi connectivity index (χ2n) is 5.44. The van der Waals surface area contributed by atoms with Crippen molar-refractivity contribution in [3.8, 4) is 0 Å². The maximum absolute atomic E-state index is 9.78. The van der Waals surface area contributed by atoms with E-state index in [-0.39, 0.29) is 6.10 Å². The van der Waals surface area contributed by atoms with Crippen LogP contribution in [-0.4, -0.2) is 41.3 Å². The van der Waals surface area contributed by atoms with Crippen LogP contribution in [0.4, 0.5) is 11.8 Å². The van der Waals surface area contributed by atoms with Crippen molar-refractivity contribution in [2.24, 2.45) is 0 Å². The van der Waals surface area contributed by atoms with E-state index in [1.165, 1.54) is 0 Å². The molecule has 6 nitrogen and oxygen atoms in total. The lowest BCUT2D eigenvalue weighted by Crippen LogP contribution is -2.38. The van der Waals surface area contributed by atoms with E-state index in [2.05, 4.69) is 14.9 Å².